The lowest BCUT2D eigenvalue weighted by Gasteiger charge is -2.26. The van der Waals surface area contributed by atoms with Crippen LogP contribution in [0.1, 0.15) is 10.4 Å². The fourth-order valence-corrected chi connectivity index (χ4v) is 1.79. The van der Waals surface area contributed by atoms with Crippen LogP contribution in [0.5, 0.6) is 0 Å². The molecule has 0 saturated carbocycles. The predicted molar refractivity (Wildman–Crippen MR) is 67.9 cm³/mol. The molecule has 2 rings (SSSR count). The molecule has 5 heteroatoms. The van der Waals surface area contributed by atoms with E-state index in [0.29, 0.717) is 37.6 Å². The second kappa shape index (κ2) is 5.68. The summed E-state index contributed by atoms with van der Waals surface area (Å²) in [6.45, 7) is 2.52. The maximum Gasteiger partial charge on any atom is 0.254 e. The van der Waals surface area contributed by atoms with Crippen LogP contribution in [-0.2, 0) is 4.74 Å². The van der Waals surface area contributed by atoms with Gasteiger partial charge in [0.2, 0.25) is 0 Å². The molecular weight excluding hydrogens is 236 g/mol. The Bertz CT molecular complexity index is 446. The Morgan fingerprint density at radius 1 is 1.29 bits per heavy atom. The molecule has 1 aliphatic rings. The zero-order chi connectivity index (χ0) is 12.1. The first-order chi connectivity index (χ1) is 8.31. The zero-order valence-corrected chi connectivity index (χ0v) is 10.1. The third-order valence-electron chi connectivity index (χ3n) is 2.59. The molecule has 1 aliphatic heterocycles. The smallest absolute Gasteiger partial charge is 0.254 e. The molecule has 0 N–H and O–H groups in total. The number of benzene rings is 1. The van der Waals surface area contributed by atoms with Crippen molar-refractivity contribution in [1.29, 1.82) is 0 Å². The zero-order valence-electron chi connectivity index (χ0n) is 9.26. The highest BCUT2D eigenvalue weighted by Gasteiger charge is 2.17. The van der Waals surface area contributed by atoms with Crippen molar-refractivity contribution in [1.82, 2.24) is 4.90 Å². The molecule has 0 unspecified atom stereocenters. The number of isothiocyanates is 1. The Morgan fingerprint density at radius 2 is 1.94 bits per heavy atom. The largest absolute Gasteiger partial charge is 0.378 e. The van der Waals surface area contributed by atoms with Gasteiger partial charge in [-0.05, 0) is 36.5 Å². The topological polar surface area (TPSA) is 41.9 Å². The van der Waals surface area contributed by atoms with E-state index < -0.39 is 0 Å². The minimum absolute atomic E-state index is 0.0335. The molecule has 0 spiro atoms. The minimum Gasteiger partial charge on any atom is -0.378 e. The second-order valence-electron chi connectivity index (χ2n) is 3.65. The molecule has 0 atom stereocenters. The van der Waals surface area contributed by atoms with Gasteiger partial charge in [-0.3, -0.25) is 4.79 Å². The highest BCUT2D eigenvalue weighted by atomic mass is 32.1. The van der Waals surface area contributed by atoms with E-state index in [1.54, 1.807) is 29.2 Å². The van der Waals surface area contributed by atoms with Crippen molar-refractivity contribution in [3.63, 3.8) is 0 Å². The molecule has 0 aromatic heterocycles. The Labute approximate surface area is 105 Å². The summed E-state index contributed by atoms with van der Waals surface area (Å²) in [6.07, 6.45) is 0. The molecule has 0 aliphatic carbocycles. The first-order valence-corrected chi connectivity index (χ1v) is 5.77. The van der Waals surface area contributed by atoms with Gasteiger partial charge in [-0.25, -0.2) is 0 Å². The van der Waals surface area contributed by atoms with Gasteiger partial charge >= 0.3 is 0 Å². The summed E-state index contributed by atoms with van der Waals surface area (Å²) in [7, 11) is 0. The van der Waals surface area contributed by atoms with E-state index in [-0.39, 0.29) is 5.91 Å². The predicted octanol–water partition coefficient (Wildman–Crippen LogP) is 1.89. The van der Waals surface area contributed by atoms with E-state index in [1.165, 1.54) is 0 Å². The van der Waals surface area contributed by atoms with Gasteiger partial charge in [0.1, 0.15) is 0 Å². The average molecular weight is 248 g/mol. The first-order valence-electron chi connectivity index (χ1n) is 5.36. The number of ether oxygens (including phenoxy) is 1. The van der Waals surface area contributed by atoms with Crippen molar-refractivity contribution in [2.24, 2.45) is 4.99 Å². The van der Waals surface area contributed by atoms with Crippen LogP contribution in [0.25, 0.3) is 0 Å². The molecule has 17 heavy (non-hydrogen) atoms. The van der Waals surface area contributed by atoms with Gasteiger partial charge in [-0.15, -0.1) is 0 Å². The van der Waals surface area contributed by atoms with Gasteiger partial charge in [-0.2, -0.15) is 4.99 Å². The van der Waals surface area contributed by atoms with E-state index in [2.05, 4.69) is 22.4 Å². The fraction of sp³-hybridized carbons (Fsp3) is 0.333. The second-order valence-corrected chi connectivity index (χ2v) is 3.84. The monoisotopic (exact) mass is 248 g/mol. The Balaban J connectivity index is 2.10. The molecule has 1 saturated heterocycles. The maximum absolute atomic E-state index is 12.1. The summed E-state index contributed by atoms with van der Waals surface area (Å²) < 4.78 is 5.21. The van der Waals surface area contributed by atoms with Crippen LogP contribution in [0.15, 0.2) is 29.3 Å². The molecule has 0 radical (unpaired) electrons. The minimum atomic E-state index is 0.0335. The fourth-order valence-electron chi connectivity index (χ4n) is 1.68. The average Bonchev–Trinajstić information content (AvgIpc) is 2.40. The molecule has 88 valence electrons. The lowest BCUT2D eigenvalue weighted by molar-refractivity contribution is 0.0303. The van der Waals surface area contributed by atoms with Gasteiger partial charge in [0.25, 0.3) is 5.91 Å². The number of carbonyl (C=O) groups excluding carboxylic acids is 1. The quantitative estimate of drug-likeness (QED) is 0.593. The summed E-state index contributed by atoms with van der Waals surface area (Å²) >= 11 is 4.52. The van der Waals surface area contributed by atoms with E-state index in [9.17, 15) is 4.79 Å². The summed E-state index contributed by atoms with van der Waals surface area (Å²) in [5.74, 6) is 0.0335. The molecule has 1 aromatic rings. The van der Waals surface area contributed by atoms with Gasteiger partial charge in [0, 0.05) is 18.7 Å². The third-order valence-corrected chi connectivity index (χ3v) is 2.68. The first kappa shape index (κ1) is 11.9. The Hall–Kier alpha value is -1.55. The summed E-state index contributed by atoms with van der Waals surface area (Å²) in [5.41, 5.74) is 1.37. The number of amides is 1. The van der Waals surface area contributed by atoms with Gasteiger partial charge in [-0.1, -0.05) is 0 Å². The van der Waals surface area contributed by atoms with Crippen molar-refractivity contribution >= 4 is 29.0 Å². The summed E-state index contributed by atoms with van der Waals surface area (Å²) in [6, 6.07) is 7.02. The van der Waals surface area contributed by atoms with Crippen LogP contribution in [-0.4, -0.2) is 42.3 Å². The number of thiocarbonyl (C=S) groups is 1. The van der Waals surface area contributed by atoms with Crippen molar-refractivity contribution in [3.8, 4) is 0 Å². The molecule has 1 aromatic carbocycles. The molecule has 1 fully saturated rings. The Kier molecular flexibility index (Phi) is 3.98. The van der Waals surface area contributed by atoms with Crippen molar-refractivity contribution < 1.29 is 9.53 Å². The van der Waals surface area contributed by atoms with E-state index >= 15 is 0 Å². The van der Waals surface area contributed by atoms with Crippen LogP contribution in [0.2, 0.25) is 0 Å². The van der Waals surface area contributed by atoms with Crippen LogP contribution in [0.4, 0.5) is 5.69 Å². The van der Waals surface area contributed by atoms with Gasteiger partial charge < -0.3 is 9.64 Å². The summed E-state index contributed by atoms with van der Waals surface area (Å²) in [4.78, 5) is 17.7. The standard InChI is InChI=1S/C12H12N2O2S/c15-12(14-5-7-16-8-6-14)10-1-3-11(4-2-10)13-9-17/h1-4H,5-8H2. The number of aliphatic imine (C=N–C) groups is 1. The highest BCUT2D eigenvalue weighted by molar-refractivity contribution is 7.78. The molecule has 1 amide bonds. The van der Waals surface area contributed by atoms with Gasteiger partial charge in [0.05, 0.1) is 24.1 Å². The third kappa shape index (κ3) is 2.97. The molecular formula is C12H12N2O2S. The van der Waals surface area contributed by atoms with E-state index in [1.807, 2.05) is 0 Å². The van der Waals surface area contributed by atoms with Crippen molar-refractivity contribution in [2.75, 3.05) is 26.3 Å². The number of hydrogen-bond donors (Lipinski definition) is 0. The maximum atomic E-state index is 12.1. The molecule has 4 nitrogen and oxygen atoms in total. The van der Waals surface area contributed by atoms with Crippen molar-refractivity contribution in [3.05, 3.63) is 29.8 Å². The van der Waals surface area contributed by atoms with Crippen molar-refractivity contribution in [2.45, 2.75) is 0 Å². The van der Waals surface area contributed by atoms with E-state index in [4.69, 9.17) is 4.74 Å². The van der Waals surface area contributed by atoms with Crippen LogP contribution >= 0.6 is 12.2 Å². The lowest BCUT2D eigenvalue weighted by atomic mass is 10.2. The number of hydrogen-bond acceptors (Lipinski definition) is 4. The summed E-state index contributed by atoms with van der Waals surface area (Å²) in [5, 5.41) is 2.29. The Morgan fingerprint density at radius 3 is 2.53 bits per heavy atom. The number of carbonyl (C=O) groups is 1. The molecule has 1 heterocycles. The highest BCUT2D eigenvalue weighted by Crippen LogP contribution is 2.14. The lowest BCUT2D eigenvalue weighted by Crippen LogP contribution is -2.40. The van der Waals surface area contributed by atoms with E-state index in [0.717, 1.165) is 0 Å². The van der Waals surface area contributed by atoms with Crippen LogP contribution in [0.3, 0.4) is 0 Å². The van der Waals surface area contributed by atoms with Gasteiger partial charge in [0.15, 0.2) is 0 Å². The molecule has 0 bridgehead atoms. The SMILES string of the molecule is O=C(c1ccc(N=C=S)cc1)N1CCOCC1. The number of nitrogens with zero attached hydrogens (tertiary/aromatic N) is 2. The normalized spacial score (nSPS) is 15.2. The van der Waals surface area contributed by atoms with Crippen LogP contribution < -0.4 is 0 Å². The number of morpholine rings is 1. The number of rotatable bonds is 2. The van der Waals surface area contributed by atoms with Crippen LogP contribution in [0, 0.1) is 0 Å².